The first-order valence-electron chi connectivity index (χ1n) is 6.46. The van der Waals surface area contributed by atoms with Gasteiger partial charge in [-0.3, -0.25) is 9.59 Å². The fourth-order valence-electron chi connectivity index (χ4n) is 3.89. The molecule has 0 amide bonds. The molecule has 2 fully saturated rings. The van der Waals surface area contributed by atoms with Crippen molar-refractivity contribution < 1.29 is 19.1 Å². The van der Waals surface area contributed by atoms with Crippen LogP contribution in [0.2, 0.25) is 0 Å². The maximum Gasteiger partial charge on any atom is 0.334 e. The average Bonchev–Trinajstić information content (AvgIpc) is 2.75. The maximum absolute atomic E-state index is 12.2. The van der Waals surface area contributed by atoms with Crippen molar-refractivity contribution in [3.8, 4) is 0 Å². The molecule has 0 spiro atoms. The van der Waals surface area contributed by atoms with Crippen LogP contribution in [0.1, 0.15) is 26.7 Å². The third-order valence-electron chi connectivity index (χ3n) is 5.24. The number of ether oxygens (including phenoxy) is 1. The van der Waals surface area contributed by atoms with Gasteiger partial charge in [-0.05, 0) is 25.8 Å². The first-order valence-corrected chi connectivity index (χ1v) is 6.46. The molecule has 2 aliphatic carbocycles. The fourth-order valence-corrected chi connectivity index (χ4v) is 3.89. The van der Waals surface area contributed by atoms with E-state index in [-0.39, 0.29) is 23.6 Å². The highest BCUT2D eigenvalue weighted by Crippen LogP contribution is 2.60. The van der Waals surface area contributed by atoms with E-state index in [0.717, 1.165) is 0 Å². The van der Waals surface area contributed by atoms with Gasteiger partial charge in [-0.15, -0.1) is 0 Å². The van der Waals surface area contributed by atoms with Crippen LogP contribution in [0.15, 0.2) is 24.3 Å². The summed E-state index contributed by atoms with van der Waals surface area (Å²) in [6.07, 6.45) is 3.75. The summed E-state index contributed by atoms with van der Waals surface area (Å²) in [7, 11) is 0. The lowest BCUT2D eigenvalue weighted by Gasteiger charge is -2.47. The second-order valence-corrected chi connectivity index (χ2v) is 6.04. The summed E-state index contributed by atoms with van der Waals surface area (Å²) >= 11 is 0. The summed E-state index contributed by atoms with van der Waals surface area (Å²) in [6, 6.07) is 0. The molecule has 0 bridgehead atoms. The van der Waals surface area contributed by atoms with Gasteiger partial charge in [0.2, 0.25) is 0 Å². The Labute approximate surface area is 111 Å². The molecule has 0 aromatic heterocycles. The summed E-state index contributed by atoms with van der Waals surface area (Å²) in [5, 5.41) is 0. The molecular formula is C15H16O4. The van der Waals surface area contributed by atoms with Gasteiger partial charge in [-0.2, -0.15) is 0 Å². The van der Waals surface area contributed by atoms with Crippen molar-refractivity contribution in [1.82, 2.24) is 0 Å². The van der Waals surface area contributed by atoms with Gasteiger partial charge in [0.1, 0.15) is 11.9 Å². The zero-order valence-electron chi connectivity index (χ0n) is 11.1. The number of fused-ring (bicyclic) bond motifs is 2. The first-order chi connectivity index (χ1) is 8.82. The van der Waals surface area contributed by atoms with E-state index in [9.17, 15) is 14.4 Å². The maximum atomic E-state index is 12.2. The van der Waals surface area contributed by atoms with Crippen molar-refractivity contribution in [2.45, 2.75) is 32.8 Å². The van der Waals surface area contributed by atoms with Crippen LogP contribution in [-0.2, 0) is 19.1 Å². The number of hydrogen-bond acceptors (Lipinski definition) is 4. The largest absolute Gasteiger partial charge is 0.458 e. The van der Waals surface area contributed by atoms with E-state index < -0.39 is 16.8 Å². The van der Waals surface area contributed by atoms with Gasteiger partial charge >= 0.3 is 5.97 Å². The second kappa shape index (κ2) is 3.44. The highest BCUT2D eigenvalue weighted by molar-refractivity contribution is 6.06. The van der Waals surface area contributed by atoms with E-state index in [0.29, 0.717) is 18.4 Å². The normalized spacial score (nSPS) is 44.0. The molecule has 0 radical (unpaired) electrons. The molecule has 100 valence electrons. The molecule has 1 saturated carbocycles. The summed E-state index contributed by atoms with van der Waals surface area (Å²) in [5.74, 6) is -0.619. The molecular weight excluding hydrogens is 244 g/mol. The molecule has 3 rings (SSSR count). The van der Waals surface area contributed by atoms with Crippen LogP contribution in [0.25, 0.3) is 0 Å². The smallest absolute Gasteiger partial charge is 0.334 e. The molecule has 19 heavy (non-hydrogen) atoms. The third kappa shape index (κ3) is 1.26. The molecule has 0 aromatic rings. The lowest BCUT2D eigenvalue weighted by Crippen LogP contribution is -2.52. The second-order valence-electron chi connectivity index (χ2n) is 6.04. The number of allylic oxidation sites excluding steroid dienone is 2. The molecule has 1 aliphatic heterocycles. The van der Waals surface area contributed by atoms with E-state index >= 15 is 0 Å². The first kappa shape index (κ1) is 12.3. The monoisotopic (exact) mass is 260 g/mol. The van der Waals surface area contributed by atoms with E-state index in [1.54, 1.807) is 6.08 Å². The Kier molecular flexibility index (Phi) is 2.23. The van der Waals surface area contributed by atoms with Gasteiger partial charge in [0.25, 0.3) is 0 Å². The Morgan fingerprint density at radius 1 is 1.42 bits per heavy atom. The molecule has 4 heteroatoms. The van der Waals surface area contributed by atoms with Crippen LogP contribution >= 0.6 is 0 Å². The van der Waals surface area contributed by atoms with Crippen LogP contribution < -0.4 is 0 Å². The van der Waals surface area contributed by atoms with Gasteiger partial charge in [0.15, 0.2) is 5.78 Å². The number of carbonyl (C=O) groups is 3. The van der Waals surface area contributed by atoms with E-state index in [1.165, 1.54) is 13.0 Å². The van der Waals surface area contributed by atoms with E-state index in [2.05, 4.69) is 6.58 Å². The van der Waals surface area contributed by atoms with Crippen molar-refractivity contribution in [2.24, 2.45) is 16.7 Å². The molecule has 0 N–H and O–H groups in total. The van der Waals surface area contributed by atoms with Crippen LogP contribution in [0.3, 0.4) is 0 Å². The predicted octanol–water partition coefficient (Wildman–Crippen LogP) is 1.60. The molecule has 1 saturated heterocycles. The minimum absolute atomic E-state index is 0.0253. The number of ketones is 2. The number of rotatable bonds is 1. The summed E-state index contributed by atoms with van der Waals surface area (Å²) in [6.45, 7) is 7.09. The van der Waals surface area contributed by atoms with Crippen LogP contribution in [0.4, 0.5) is 0 Å². The Morgan fingerprint density at radius 3 is 2.74 bits per heavy atom. The van der Waals surface area contributed by atoms with Crippen molar-refractivity contribution in [3.63, 3.8) is 0 Å². The standard InChI is InChI=1S/C15H16O4/c1-8-10-6-15(9(2)16)5-4-12(17)14(15,3)7-11(10)19-13(8)18/h4-5,10-11H,1,6-7H2,2-3H3/t10-,11-,14+,15+/m1/s1. The van der Waals surface area contributed by atoms with Gasteiger partial charge < -0.3 is 4.74 Å². The number of Topliss-reactive ketones (excluding diaryl/α,β-unsaturated/α-hetero) is 1. The highest BCUT2D eigenvalue weighted by Gasteiger charge is 2.64. The van der Waals surface area contributed by atoms with Crippen LogP contribution in [0.5, 0.6) is 0 Å². The lowest BCUT2D eigenvalue weighted by atomic mass is 9.53. The molecule has 1 heterocycles. The van der Waals surface area contributed by atoms with Crippen molar-refractivity contribution in [1.29, 1.82) is 0 Å². The fraction of sp³-hybridized carbons (Fsp3) is 0.533. The molecule has 4 nitrogen and oxygen atoms in total. The topological polar surface area (TPSA) is 60.4 Å². The minimum Gasteiger partial charge on any atom is -0.458 e. The SMILES string of the molecule is C=C1C(=O)O[C@@H]2C[C@@]3(C)C(=O)C=C[C@@]3(C(C)=O)C[C@H]12. The Morgan fingerprint density at radius 2 is 2.11 bits per heavy atom. The van der Waals surface area contributed by atoms with E-state index in [4.69, 9.17) is 4.74 Å². The summed E-state index contributed by atoms with van der Waals surface area (Å²) in [5.41, 5.74) is -1.16. The number of esters is 1. The quantitative estimate of drug-likeness (QED) is 0.530. The predicted molar refractivity (Wildman–Crippen MR) is 67.1 cm³/mol. The summed E-state index contributed by atoms with van der Waals surface area (Å²) < 4.78 is 5.29. The summed E-state index contributed by atoms with van der Waals surface area (Å²) in [4.78, 5) is 36.0. The average molecular weight is 260 g/mol. The van der Waals surface area contributed by atoms with Crippen LogP contribution in [-0.4, -0.2) is 23.6 Å². The van der Waals surface area contributed by atoms with Crippen LogP contribution in [0, 0.1) is 16.7 Å². The zero-order valence-corrected chi connectivity index (χ0v) is 11.1. The van der Waals surface area contributed by atoms with Crippen molar-refractivity contribution >= 4 is 17.5 Å². The van der Waals surface area contributed by atoms with Gasteiger partial charge in [-0.25, -0.2) is 4.79 Å². The lowest BCUT2D eigenvalue weighted by molar-refractivity contribution is -0.153. The van der Waals surface area contributed by atoms with Gasteiger partial charge in [0, 0.05) is 16.9 Å². The number of carbonyl (C=O) groups excluding carboxylic acids is 3. The Balaban J connectivity index is 2.10. The third-order valence-corrected chi connectivity index (χ3v) is 5.24. The molecule has 0 aromatic carbocycles. The zero-order chi connectivity index (χ0) is 14.0. The van der Waals surface area contributed by atoms with Gasteiger partial charge in [-0.1, -0.05) is 19.6 Å². The Bertz CT molecular complexity index is 558. The van der Waals surface area contributed by atoms with Crippen molar-refractivity contribution in [3.05, 3.63) is 24.3 Å². The highest BCUT2D eigenvalue weighted by atomic mass is 16.6. The molecule has 0 unspecified atom stereocenters. The number of hydrogen-bond donors (Lipinski definition) is 0. The van der Waals surface area contributed by atoms with E-state index in [1.807, 2.05) is 6.92 Å². The Hall–Kier alpha value is -1.71. The molecule has 4 atom stereocenters. The minimum atomic E-state index is -0.803. The molecule has 3 aliphatic rings. The van der Waals surface area contributed by atoms with Crippen molar-refractivity contribution in [2.75, 3.05) is 0 Å². The van der Waals surface area contributed by atoms with Gasteiger partial charge in [0.05, 0.1) is 5.41 Å².